The minimum atomic E-state index is -3.03. The molecule has 0 N–H and O–H groups in total. The van der Waals surface area contributed by atoms with E-state index in [1.54, 1.807) is 22.3 Å². The molecule has 2 atom stereocenters. The van der Waals surface area contributed by atoms with Gasteiger partial charge in [0.05, 0.1) is 0 Å². The minimum Gasteiger partial charge on any atom is -1.00 e. The second kappa shape index (κ2) is 14.3. The zero-order chi connectivity index (χ0) is 34.2. The molecule has 1 fully saturated rings. The Morgan fingerprint density at radius 1 is 0.520 bits per heavy atom. The molecule has 1 heterocycles. The molecule has 0 saturated carbocycles. The van der Waals surface area contributed by atoms with Crippen LogP contribution in [0.1, 0.15) is 128 Å². The zero-order valence-electron chi connectivity index (χ0n) is 31.9. The molecule has 1 saturated heterocycles. The summed E-state index contributed by atoms with van der Waals surface area (Å²) in [4.78, 5) is 0. The Kier molecular flexibility index (Phi) is 11.2. The van der Waals surface area contributed by atoms with E-state index >= 15 is 0 Å². The van der Waals surface area contributed by atoms with E-state index in [1.165, 1.54) is 59.2 Å². The Hall–Kier alpha value is -2.18. The molecule has 262 valence electrons. The Morgan fingerprint density at radius 2 is 0.880 bits per heavy atom. The van der Waals surface area contributed by atoms with Crippen LogP contribution in [0, 0.1) is 10.8 Å². The summed E-state index contributed by atoms with van der Waals surface area (Å²) in [7, 11) is 0. The van der Waals surface area contributed by atoms with Crippen LogP contribution >= 0.6 is 0 Å². The van der Waals surface area contributed by atoms with Crippen LogP contribution in [0.3, 0.4) is 0 Å². The van der Waals surface area contributed by atoms with Gasteiger partial charge in [0.25, 0.3) is 0 Å². The van der Waals surface area contributed by atoms with Gasteiger partial charge >= 0.3 is 298 Å². The van der Waals surface area contributed by atoms with Gasteiger partial charge in [-0.05, 0) is 0 Å². The fourth-order valence-electron chi connectivity index (χ4n) is 9.27. The molecule has 0 amide bonds. The van der Waals surface area contributed by atoms with Crippen molar-refractivity contribution in [2.75, 3.05) is 0 Å². The van der Waals surface area contributed by atoms with Gasteiger partial charge in [0.15, 0.2) is 0 Å². The van der Waals surface area contributed by atoms with Gasteiger partial charge in [-0.2, -0.15) is 0 Å². The van der Waals surface area contributed by atoms with Crippen molar-refractivity contribution in [3.05, 3.63) is 129 Å². The van der Waals surface area contributed by atoms with Gasteiger partial charge in [-0.1, -0.05) is 0 Å². The molecule has 2 aliphatic carbocycles. The number of hydrogen-bond acceptors (Lipinski definition) is 0. The largest absolute Gasteiger partial charge is 1.00 e. The maximum absolute atomic E-state index is 3.03. The van der Waals surface area contributed by atoms with Crippen LogP contribution in [0.4, 0.5) is 0 Å². The van der Waals surface area contributed by atoms with Crippen molar-refractivity contribution < 1.29 is 45.1 Å². The molecule has 7 rings (SSSR count). The van der Waals surface area contributed by atoms with E-state index < -0.39 is 20.3 Å². The summed E-state index contributed by atoms with van der Waals surface area (Å²) in [6.45, 7) is 24.0. The van der Waals surface area contributed by atoms with E-state index in [0.717, 1.165) is 0 Å². The number of rotatable bonds is 6. The number of allylic oxidation sites excluding steroid dienone is 2. The third kappa shape index (κ3) is 6.63. The van der Waals surface area contributed by atoms with Crippen LogP contribution in [-0.2, 0) is 20.3 Å². The number of halogens is 2. The molecule has 3 aliphatic rings. The third-order valence-electron chi connectivity index (χ3n) is 12.1. The molecule has 1 aliphatic heterocycles. The molecule has 0 spiro atoms. The Bertz CT molecular complexity index is 1770. The Labute approximate surface area is 320 Å². The minimum absolute atomic E-state index is 0. The first-order valence-corrected chi connectivity index (χ1v) is 24.9. The predicted octanol–water partition coefficient (Wildman–Crippen LogP) is 8.34. The molecule has 4 aromatic carbocycles. The van der Waals surface area contributed by atoms with Crippen LogP contribution < -0.4 is 24.8 Å². The molecule has 0 bridgehead atoms. The fourth-order valence-corrected chi connectivity index (χ4v) is 25.7. The number of hydrogen-bond donors (Lipinski definition) is 0. The third-order valence-corrected chi connectivity index (χ3v) is 27.1. The average Bonchev–Trinajstić information content (AvgIpc) is 3.62. The number of benzene rings is 4. The van der Waals surface area contributed by atoms with Gasteiger partial charge in [0.2, 0.25) is 0 Å². The predicted molar refractivity (Wildman–Crippen MR) is 207 cm³/mol. The molecule has 4 aromatic rings. The van der Waals surface area contributed by atoms with Crippen LogP contribution in [-0.4, -0.2) is 0 Å². The summed E-state index contributed by atoms with van der Waals surface area (Å²) >= 11 is -3.03. The monoisotopic (exact) mass is 780 g/mol. The maximum atomic E-state index is 2.67. The first-order valence-electron chi connectivity index (χ1n) is 18.6. The van der Waals surface area contributed by atoms with Crippen molar-refractivity contribution in [3.63, 3.8) is 0 Å². The van der Waals surface area contributed by atoms with Crippen LogP contribution in [0.2, 0.25) is 8.26 Å². The van der Waals surface area contributed by atoms with Gasteiger partial charge < -0.3 is 24.8 Å². The van der Waals surface area contributed by atoms with E-state index in [4.69, 9.17) is 0 Å². The van der Waals surface area contributed by atoms with Crippen LogP contribution in [0.5, 0.6) is 0 Å². The van der Waals surface area contributed by atoms with Crippen LogP contribution in [0.15, 0.2) is 96.1 Å². The van der Waals surface area contributed by atoms with Crippen molar-refractivity contribution in [1.82, 2.24) is 0 Å². The van der Waals surface area contributed by atoms with Gasteiger partial charge in [0.1, 0.15) is 0 Å². The van der Waals surface area contributed by atoms with Crippen molar-refractivity contribution in [1.29, 1.82) is 0 Å². The van der Waals surface area contributed by atoms with Crippen molar-refractivity contribution in [2.24, 2.45) is 10.8 Å². The molecule has 0 aromatic heterocycles. The van der Waals surface area contributed by atoms with Crippen LogP contribution in [0.25, 0.3) is 34.4 Å². The topological polar surface area (TPSA) is 0 Å². The number of fused-ring (bicyclic) bond motifs is 2. The van der Waals surface area contributed by atoms with Crippen molar-refractivity contribution in [2.45, 2.75) is 103 Å². The standard InChI is InChI=1S/2C22H25.C3H6.2ClH.Zr/c2*1-15(2)16-9-11-17(12-10-16)20-8-6-7-18-13-19(14-21(18)20)22(3,4)5;1-3-2;;;/h2*6-15H,1-5H3;1-3H2;2*1H;/q;;;;;+2/p-2. The molecular weight excluding hydrogens is 727 g/mol. The van der Waals surface area contributed by atoms with Gasteiger partial charge in [0, 0.05) is 0 Å². The zero-order valence-corrected chi connectivity index (χ0v) is 35.9. The molecule has 3 heteroatoms. The Balaban J connectivity index is 0.00000243. The molecule has 0 nitrogen and oxygen atoms in total. The van der Waals surface area contributed by atoms with E-state index in [-0.39, 0.29) is 35.6 Å². The van der Waals surface area contributed by atoms with Crippen molar-refractivity contribution in [3.8, 4) is 22.3 Å². The molecule has 2 unspecified atom stereocenters. The summed E-state index contributed by atoms with van der Waals surface area (Å²) in [5, 5.41) is 0. The SMILES string of the molecule is CC(C)c1ccc(-c2cccc3c2C=C(C(C)(C)C)[CH]3[Zr+2]2([CH]3C(C(C)(C)C)=Cc4c(-c5ccc(C(C)C)cc5)cccc43)[CH2]C[CH2]2)cc1.[Cl-].[Cl-]. The first kappa shape index (κ1) is 39.0. The summed E-state index contributed by atoms with van der Waals surface area (Å²) in [6.07, 6.45) is 6.74. The molecular formula is C47H56Cl2Zr. The normalized spacial score (nSPS) is 18.6. The quantitative estimate of drug-likeness (QED) is 0.185. The van der Waals surface area contributed by atoms with Gasteiger partial charge in [-0.3, -0.25) is 0 Å². The summed E-state index contributed by atoms with van der Waals surface area (Å²) in [5.41, 5.74) is 18.3. The maximum Gasteiger partial charge on any atom is -1.00 e. The summed E-state index contributed by atoms with van der Waals surface area (Å²) in [5.74, 6) is 1.09. The smallest absolute Gasteiger partial charge is 1.00 e. The van der Waals surface area contributed by atoms with E-state index in [1.807, 2.05) is 0 Å². The Morgan fingerprint density at radius 3 is 1.16 bits per heavy atom. The molecule has 50 heavy (non-hydrogen) atoms. The van der Waals surface area contributed by atoms with E-state index in [9.17, 15) is 0 Å². The van der Waals surface area contributed by atoms with E-state index in [2.05, 4.69) is 166 Å². The second-order valence-electron chi connectivity index (χ2n) is 17.8. The first-order chi connectivity index (χ1) is 22.7. The molecule has 0 radical (unpaired) electrons. The fraction of sp³-hybridized carbons (Fsp3) is 0.404. The van der Waals surface area contributed by atoms with Gasteiger partial charge in [-0.25, -0.2) is 0 Å². The second-order valence-corrected chi connectivity index (χ2v) is 29.2. The van der Waals surface area contributed by atoms with E-state index in [0.29, 0.717) is 19.1 Å². The summed E-state index contributed by atoms with van der Waals surface area (Å²) in [6, 6.07) is 33.4. The summed E-state index contributed by atoms with van der Waals surface area (Å²) < 4.78 is 4.16. The van der Waals surface area contributed by atoms with Crippen molar-refractivity contribution >= 4 is 12.2 Å². The average molecular weight is 783 g/mol. The van der Waals surface area contributed by atoms with Gasteiger partial charge in [-0.15, -0.1) is 0 Å².